The van der Waals surface area contributed by atoms with Gasteiger partial charge in [-0.3, -0.25) is 4.79 Å². The lowest BCUT2D eigenvalue weighted by Gasteiger charge is -2.24. The first-order valence-electron chi connectivity index (χ1n) is 6.64. The number of piperidine rings is 1. The molecule has 1 N–H and O–H groups in total. The second-order valence-electron chi connectivity index (χ2n) is 5.67. The maximum absolute atomic E-state index is 12.5. The van der Waals surface area contributed by atoms with Gasteiger partial charge in [0.25, 0.3) is 5.91 Å². The van der Waals surface area contributed by atoms with E-state index in [1.54, 1.807) is 0 Å². The fourth-order valence-corrected chi connectivity index (χ4v) is 3.64. The summed E-state index contributed by atoms with van der Waals surface area (Å²) in [5, 5.41) is 9.21. The zero-order chi connectivity index (χ0) is 15.4. The smallest absolute Gasteiger partial charge is 0.326 e. The molecule has 2 aliphatic rings. The maximum Gasteiger partial charge on any atom is 0.326 e. The minimum atomic E-state index is -3.40. The van der Waals surface area contributed by atoms with Crippen molar-refractivity contribution in [3.63, 3.8) is 0 Å². The van der Waals surface area contributed by atoms with E-state index in [4.69, 9.17) is 0 Å². The zero-order valence-electron chi connectivity index (χ0n) is 11.4. The average Bonchev–Trinajstić information content (AvgIpc) is 3.08. The van der Waals surface area contributed by atoms with E-state index in [0.29, 0.717) is 6.42 Å². The van der Waals surface area contributed by atoms with E-state index in [9.17, 15) is 23.1 Å². The molecule has 1 aromatic carbocycles. The predicted molar refractivity (Wildman–Crippen MR) is 73.7 cm³/mol. The third kappa shape index (κ3) is 2.42. The van der Waals surface area contributed by atoms with E-state index in [-0.39, 0.29) is 22.4 Å². The molecular formula is C14H15NO5S. The first kappa shape index (κ1) is 14.1. The fraction of sp³-hybridized carbons (Fsp3) is 0.429. The quantitative estimate of drug-likeness (QED) is 0.890. The second kappa shape index (κ2) is 4.56. The molecule has 112 valence electrons. The third-order valence-corrected chi connectivity index (χ3v) is 5.24. The van der Waals surface area contributed by atoms with Crippen LogP contribution in [0.4, 0.5) is 0 Å². The second-order valence-corrected chi connectivity index (χ2v) is 7.68. The van der Waals surface area contributed by atoms with Crippen molar-refractivity contribution in [3.05, 3.63) is 29.8 Å². The van der Waals surface area contributed by atoms with Crippen LogP contribution in [0, 0.1) is 5.92 Å². The highest BCUT2D eigenvalue weighted by atomic mass is 32.2. The third-order valence-electron chi connectivity index (χ3n) is 4.13. The number of carboxylic acids is 1. The van der Waals surface area contributed by atoms with Gasteiger partial charge in [-0.2, -0.15) is 0 Å². The molecule has 1 saturated carbocycles. The lowest BCUT2D eigenvalue weighted by molar-refractivity contribution is -0.141. The number of carbonyl (C=O) groups is 2. The lowest BCUT2D eigenvalue weighted by atomic mass is 10.1. The van der Waals surface area contributed by atoms with E-state index in [1.165, 1.54) is 29.2 Å². The Hall–Kier alpha value is -1.89. The van der Waals surface area contributed by atoms with Gasteiger partial charge < -0.3 is 10.0 Å². The van der Waals surface area contributed by atoms with E-state index < -0.39 is 27.8 Å². The van der Waals surface area contributed by atoms with E-state index in [1.807, 2.05) is 0 Å². The van der Waals surface area contributed by atoms with Crippen molar-refractivity contribution in [2.24, 2.45) is 5.92 Å². The highest BCUT2D eigenvalue weighted by Gasteiger charge is 2.56. The first-order valence-corrected chi connectivity index (χ1v) is 8.54. The molecule has 21 heavy (non-hydrogen) atoms. The predicted octanol–water partition coefficient (Wildman–Crippen LogP) is 0.778. The van der Waals surface area contributed by atoms with Gasteiger partial charge in [-0.25, -0.2) is 13.2 Å². The van der Waals surface area contributed by atoms with Gasteiger partial charge >= 0.3 is 5.97 Å². The number of hydrogen-bond donors (Lipinski definition) is 1. The van der Waals surface area contributed by atoms with Crippen molar-refractivity contribution in [1.29, 1.82) is 0 Å². The Morgan fingerprint density at radius 3 is 2.62 bits per heavy atom. The van der Waals surface area contributed by atoms with Crippen LogP contribution in [0.5, 0.6) is 0 Å². The Morgan fingerprint density at radius 2 is 2.00 bits per heavy atom. The zero-order valence-corrected chi connectivity index (χ0v) is 12.2. The number of carbonyl (C=O) groups excluding carboxylic acids is 1. The number of fused-ring (bicyclic) bond motifs is 1. The van der Waals surface area contributed by atoms with Crippen molar-refractivity contribution in [1.82, 2.24) is 4.90 Å². The van der Waals surface area contributed by atoms with Crippen LogP contribution in [0.2, 0.25) is 0 Å². The number of nitrogens with zero attached hydrogens (tertiary/aromatic N) is 1. The van der Waals surface area contributed by atoms with Crippen LogP contribution >= 0.6 is 0 Å². The molecule has 1 amide bonds. The highest BCUT2D eigenvalue weighted by molar-refractivity contribution is 7.90. The lowest BCUT2D eigenvalue weighted by Crippen LogP contribution is -2.43. The van der Waals surface area contributed by atoms with E-state index in [2.05, 4.69) is 0 Å². The molecule has 2 fully saturated rings. The summed E-state index contributed by atoms with van der Waals surface area (Å²) in [7, 11) is -3.40. The summed E-state index contributed by atoms with van der Waals surface area (Å²) < 4.78 is 23.1. The summed E-state index contributed by atoms with van der Waals surface area (Å²) in [6.07, 6.45) is 2.39. The molecule has 0 radical (unpaired) electrons. The summed E-state index contributed by atoms with van der Waals surface area (Å²) >= 11 is 0. The standard InChI is InChI=1S/C14H15NO5S/c1-21(19,20)10-4-2-3-8(5-10)13(16)15-11-6-9(11)7-12(15)14(17)18/h2-5,9,11-12H,6-7H2,1H3,(H,17,18). The molecule has 0 spiro atoms. The normalized spacial score (nSPS) is 27.3. The summed E-state index contributed by atoms with van der Waals surface area (Å²) in [5.41, 5.74) is 0.219. The summed E-state index contributed by atoms with van der Waals surface area (Å²) in [5.74, 6) is -1.14. The number of hydrogen-bond acceptors (Lipinski definition) is 4. The molecule has 1 heterocycles. The number of likely N-dealkylation sites (tertiary alicyclic amines) is 1. The van der Waals surface area contributed by atoms with E-state index >= 15 is 0 Å². The number of carboxylic acid groups (broad SMARTS) is 1. The van der Waals surface area contributed by atoms with Gasteiger partial charge in [0.2, 0.25) is 0 Å². The van der Waals surface area contributed by atoms with Crippen LogP contribution in [-0.4, -0.2) is 48.6 Å². The Bertz CT molecular complexity index is 727. The first-order chi connectivity index (χ1) is 9.79. The Labute approximate surface area is 122 Å². The SMILES string of the molecule is CS(=O)(=O)c1cccc(C(=O)N2C(C(=O)O)CC3CC32)c1. The van der Waals surface area contributed by atoms with Gasteiger partial charge in [-0.05, 0) is 37.0 Å². The number of rotatable bonds is 3. The van der Waals surface area contributed by atoms with Gasteiger partial charge in [0.05, 0.1) is 4.90 Å². The Balaban J connectivity index is 1.93. The molecule has 1 aliphatic heterocycles. The van der Waals surface area contributed by atoms with Crippen molar-refractivity contribution >= 4 is 21.7 Å². The Kier molecular flexibility index (Phi) is 3.05. The average molecular weight is 309 g/mol. The van der Waals surface area contributed by atoms with Crippen molar-refractivity contribution in [2.45, 2.75) is 29.8 Å². The van der Waals surface area contributed by atoms with E-state index in [0.717, 1.165) is 12.7 Å². The van der Waals surface area contributed by atoms with Crippen LogP contribution in [0.15, 0.2) is 29.2 Å². The fourth-order valence-electron chi connectivity index (χ4n) is 2.98. The van der Waals surface area contributed by atoms with Gasteiger partial charge in [-0.1, -0.05) is 6.07 Å². The van der Waals surface area contributed by atoms with Crippen LogP contribution < -0.4 is 0 Å². The topological polar surface area (TPSA) is 91.8 Å². The van der Waals surface area contributed by atoms with Crippen molar-refractivity contribution < 1.29 is 23.1 Å². The molecule has 3 unspecified atom stereocenters. The Morgan fingerprint density at radius 1 is 1.29 bits per heavy atom. The number of amides is 1. The monoisotopic (exact) mass is 309 g/mol. The van der Waals surface area contributed by atoms with Gasteiger partial charge in [0.15, 0.2) is 9.84 Å². The molecular weight excluding hydrogens is 294 g/mol. The minimum Gasteiger partial charge on any atom is -0.480 e. The number of benzene rings is 1. The molecule has 7 heteroatoms. The summed E-state index contributed by atoms with van der Waals surface area (Å²) in [6, 6.07) is 4.94. The van der Waals surface area contributed by atoms with Crippen LogP contribution in [0.25, 0.3) is 0 Å². The summed E-state index contributed by atoms with van der Waals surface area (Å²) in [6.45, 7) is 0. The molecule has 3 rings (SSSR count). The van der Waals surface area contributed by atoms with Crippen LogP contribution in [0.3, 0.4) is 0 Å². The molecule has 6 nitrogen and oxygen atoms in total. The van der Waals surface area contributed by atoms with Gasteiger partial charge in [0.1, 0.15) is 6.04 Å². The molecule has 0 bridgehead atoms. The number of aliphatic carboxylic acids is 1. The molecule has 0 aromatic heterocycles. The summed E-state index contributed by atoms with van der Waals surface area (Å²) in [4.78, 5) is 25.3. The molecule has 1 aliphatic carbocycles. The molecule has 3 atom stereocenters. The highest BCUT2D eigenvalue weighted by Crippen LogP contribution is 2.48. The van der Waals surface area contributed by atoms with Crippen LogP contribution in [0.1, 0.15) is 23.2 Å². The van der Waals surface area contributed by atoms with Gasteiger partial charge in [0, 0.05) is 17.9 Å². The number of sulfone groups is 1. The minimum absolute atomic E-state index is 0.0134. The molecule has 1 aromatic rings. The maximum atomic E-state index is 12.5. The van der Waals surface area contributed by atoms with Gasteiger partial charge in [-0.15, -0.1) is 0 Å². The largest absolute Gasteiger partial charge is 0.480 e. The van der Waals surface area contributed by atoms with Crippen molar-refractivity contribution in [2.75, 3.05) is 6.26 Å². The van der Waals surface area contributed by atoms with Crippen LogP contribution in [-0.2, 0) is 14.6 Å². The molecule has 1 saturated heterocycles. The van der Waals surface area contributed by atoms with Crippen molar-refractivity contribution in [3.8, 4) is 0 Å².